The highest BCUT2D eigenvalue weighted by atomic mass is 15.0. The van der Waals surface area contributed by atoms with Gasteiger partial charge in [-0.05, 0) is 17.5 Å². The summed E-state index contributed by atoms with van der Waals surface area (Å²) in [6.07, 6.45) is 4.04. The topological polar surface area (TPSA) is 27.8 Å². The first-order chi connectivity index (χ1) is 4.88. The van der Waals surface area contributed by atoms with Crippen molar-refractivity contribution in [3.05, 3.63) is 24.0 Å². The van der Waals surface area contributed by atoms with Gasteiger partial charge in [-0.3, -0.25) is 0 Å². The van der Waals surface area contributed by atoms with Gasteiger partial charge in [-0.1, -0.05) is 6.92 Å². The molecule has 10 heavy (non-hydrogen) atoms. The third kappa shape index (κ3) is 0.762. The van der Waals surface area contributed by atoms with E-state index in [1.807, 2.05) is 6.20 Å². The molecule has 0 radical (unpaired) electrons. The van der Waals surface area contributed by atoms with E-state index in [9.17, 15) is 0 Å². The van der Waals surface area contributed by atoms with Gasteiger partial charge in [0.2, 0.25) is 0 Å². The number of H-pyrrole nitrogens is 1. The molecule has 0 bridgehead atoms. The van der Waals surface area contributed by atoms with Crippen LogP contribution in [0, 0.1) is 5.92 Å². The Labute approximate surface area is 60.6 Å². The second-order valence-electron chi connectivity index (χ2n) is 3.01. The number of rotatable bonds is 1. The van der Waals surface area contributed by atoms with Crippen LogP contribution in [0.4, 0.5) is 0 Å². The lowest BCUT2D eigenvalue weighted by Gasteiger charge is -2.35. The highest BCUT2D eigenvalue weighted by Crippen LogP contribution is 2.27. The highest BCUT2D eigenvalue weighted by molar-refractivity contribution is 5.17. The van der Waals surface area contributed by atoms with Crippen molar-refractivity contribution < 1.29 is 0 Å². The van der Waals surface area contributed by atoms with E-state index < -0.39 is 0 Å². The quantitative estimate of drug-likeness (QED) is 0.598. The Kier molecular flexibility index (Phi) is 1.27. The van der Waals surface area contributed by atoms with E-state index in [2.05, 4.69) is 29.5 Å². The lowest BCUT2D eigenvalue weighted by molar-refractivity contribution is 0.258. The fourth-order valence-electron chi connectivity index (χ4n) is 1.45. The molecule has 1 fully saturated rings. The normalized spacial score (nSPS) is 31.7. The molecule has 1 aromatic heterocycles. The first-order valence-corrected chi connectivity index (χ1v) is 3.74. The number of aromatic amines is 1. The van der Waals surface area contributed by atoms with E-state index >= 15 is 0 Å². The van der Waals surface area contributed by atoms with E-state index in [-0.39, 0.29) is 0 Å². The average molecular weight is 136 g/mol. The van der Waals surface area contributed by atoms with Crippen LogP contribution < -0.4 is 5.32 Å². The van der Waals surface area contributed by atoms with Gasteiger partial charge in [0.05, 0.1) is 0 Å². The van der Waals surface area contributed by atoms with Crippen LogP contribution in [0.1, 0.15) is 18.5 Å². The lowest BCUT2D eigenvalue weighted by atomic mass is 9.89. The number of hydrogen-bond donors (Lipinski definition) is 2. The number of hydrogen-bond acceptors (Lipinski definition) is 1. The predicted molar refractivity (Wildman–Crippen MR) is 40.7 cm³/mol. The maximum atomic E-state index is 3.38. The standard InChI is InChI=1S/C8H12N2/c1-6-4-10-8(6)7-2-3-9-5-7/h2-3,5-6,8-10H,4H2,1H3. The summed E-state index contributed by atoms with van der Waals surface area (Å²) >= 11 is 0. The Balaban J connectivity index is 2.14. The highest BCUT2D eigenvalue weighted by Gasteiger charge is 2.27. The molecular formula is C8H12N2. The van der Waals surface area contributed by atoms with Crippen molar-refractivity contribution in [3.8, 4) is 0 Å². The van der Waals surface area contributed by atoms with Crippen molar-refractivity contribution in [2.75, 3.05) is 6.54 Å². The Morgan fingerprint density at radius 1 is 1.60 bits per heavy atom. The van der Waals surface area contributed by atoms with Crippen LogP contribution in [-0.2, 0) is 0 Å². The van der Waals surface area contributed by atoms with Crippen LogP contribution in [0.3, 0.4) is 0 Å². The zero-order valence-electron chi connectivity index (χ0n) is 6.09. The molecule has 2 rings (SSSR count). The zero-order valence-corrected chi connectivity index (χ0v) is 6.09. The Morgan fingerprint density at radius 2 is 2.50 bits per heavy atom. The van der Waals surface area contributed by atoms with Gasteiger partial charge >= 0.3 is 0 Å². The second-order valence-corrected chi connectivity index (χ2v) is 3.01. The first kappa shape index (κ1) is 5.98. The van der Waals surface area contributed by atoms with Gasteiger partial charge in [0.1, 0.15) is 0 Å². The van der Waals surface area contributed by atoms with E-state index in [1.54, 1.807) is 0 Å². The summed E-state index contributed by atoms with van der Waals surface area (Å²) in [6, 6.07) is 2.74. The minimum Gasteiger partial charge on any atom is -0.367 e. The molecule has 1 aliphatic rings. The van der Waals surface area contributed by atoms with Gasteiger partial charge in [0.15, 0.2) is 0 Å². The van der Waals surface area contributed by atoms with Crippen molar-refractivity contribution in [1.29, 1.82) is 0 Å². The summed E-state index contributed by atoms with van der Waals surface area (Å²) in [5.74, 6) is 0.802. The molecule has 0 aliphatic carbocycles. The van der Waals surface area contributed by atoms with Gasteiger partial charge < -0.3 is 10.3 Å². The van der Waals surface area contributed by atoms with E-state index in [1.165, 1.54) is 5.56 Å². The zero-order chi connectivity index (χ0) is 6.97. The molecule has 54 valence electrons. The molecule has 2 heterocycles. The molecule has 0 spiro atoms. The van der Waals surface area contributed by atoms with Crippen LogP contribution in [0.5, 0.6) is 0 Å². The molecule has 2 heteroatoms. The van der Waals surface area contributed by atoms with Crippen LogP contribution in [-0.4, -0.2) is 11.5 Å². The fourth-order valence-corrected chi connectivity index (χ4v) is 1.45. The Bertz CT molecular complexity index is 203. The summed E-state index contributed by atoms with van der Waals surface area (Å²) in [5.41, 5.74) is 1.39. The van der Waals surface area contributed by atoms with Gasteiger partial charge in [-0.25, -0.2) is 0 Å². The molecule has 2 atom stereocenters. The molecule has 0 aromatic carbocycles. The summed E-state index contributed by atoms with van der Waals surface area (Å²) < 4.78 is 0. The van der Waals surface area contributed by atoms with Crippen molar-refractivity contribution in [1.82, 2.24) is 10.3 Å². The minimum absolute atomic E-state index is 0.603. The first-order valence-electron chi connectivity index (χ1n) is 3.74. The maximum Gasteiger partial charge on any atom is 0.0373 e. The lowest BCUT2D eigenvalue weighted by Crippen LogP contribution is -2.43. The molecule has 1 aromatic rings. The minimum atomic E-state index is 0.603. The second kappa shape index (κ2) is 2.13. The van der Waals surface area contributed by atoms with Gasteiger partial charge in [-0.15, -0.1) is 0 Å². The molecule has 0 saturated carbocycles. The van der Waals surface area contributed by atoms with Crippen LogP contribution in [0.2, 0.25) is 0 Å². The smallest absolute Gasteiger partial charge is 0.0373 e. The van der Waals surface area contributed by atoms with E-state index in [4.69, 9.17) is 0 Å². The largest absolute Gasteiger partial charge is 0.367 e. The van der Waals surface area contributed by atoms with Gasteiger partial charge in [0.25, 0.3) is 0 Å². The van der Waals surface area contributed by atoms with Crippen molar-refractivity contribution >= 4 is 0 Å². The monoisotopic (exact) mass is 136 g/mol. The third-order valence-corrected chi connectivity index (χ3v) is 2.21. The van der Waals surface area contributed by atoms with Crippen LogP contribution >= 0.6 is 0 Å². The van der Waals surface area contributed by atoms with Gasteiger partial charge in [0, 0.05) is 25.0 Å². The Hall–Kier alpha value is -0.760. The SMILES string of the molecule is CC1CNC1c1cc[nH]c1. The summed E-state index contributed by atoms with van der Waals surface area (Å²) in [6.45, 7) is 3.43. The van der Waals surface area contributed by atoms with Crippen LogP contribution in [0.15, 0.2) is 18.5 Å². The molecule has 0 amide bonds. The summed E-state index contributed by atoms with van der Waals surface area (Å²) in [7, 11) is 0. The molecule has 2 nitrogen and oxygen atoms in total. The molecule has 1 aliphatic heterocycles. The molecule has 1 saturated heterocycles. The molecule has 2 N–H and O–H groups in total. The van der Waals surface area contributed by atoms with Crippen molar-refractivity contribution in [3.63, 3.8) is 0 Å². The third-order valence-electron chi connectivity index (χ3n) is 2.21. The average Bonchev–Trinajstić information content (AvgIpc) is 2.37. The maximum absolute atomic E-state index is 3.38. The summed E-state index contributed by atoms with van der Waals surface area (Å²) in [5, 5.41) is 3.38. The Morgan fingerprint density at radius 3 is 2.90 bits per heavy atom. The number of nitrogens with one attached hydrogen (secondary N) is 2. The van der Waals surface area contributed by atoms with Crippen LogP contribution in [0.25, 0.3) is 0 Å². The molecule has 2 unspecified atom stereocenters. The van der Waals surface area contributed by atoms with E-state index in [0.29, 0.717) is 6.04 Å². The van der Waals surface area contributed by atoms with Gasteiger partial charge in [-0.2, -0.15) is 0 Å². The summed E-state index contributed by atoms with van der Waals surface area (Å²) in [4.78, 5) is 3.06. The fraction of sp³-hybridized carbons (Fsp3) is 0.500. The van der Waals surface area contributed by atoms with Crippen molar-refractivity contribution in [2.24, 2.45) is 5.92 Å². The number of aromatic nitrogens is 1. The molecular weight excluding hydrogens is 124 g/mol. The predicted octanol–water partition coefficient (Wildman–Crippen LogP) is 1.30. The van der Waals surface area contributed by atoms with Crippen molar-refractivity contribution in [2.45, 2.75) is 13.0 Å². The van der Waals surface area contributed by atoms with E-state index in [0.717, 1.165) is 12.5 Å².